The van der Waals surface area contributed by atoms with Gasteiger partial charge in [0.1, 0.15) is 0 Å². The van der Waals surface area contributed by atoms with Crippen molar-refractivity contribution in [3.05, 3.63) is 240 Å². The topological polar surface area (TPSA) is 43.0 Å². The van der Waals surface area contributed by atoms with Crippen LogP contribution < -0.4 is 0 Å². The Morgan fingerprint density at radius 3 is 1.41 bits per heavy atom. The summed E-state index contributed by atoms with van der Waals surface area (Å²) in [4.78, 5) is 18.8. The fourth-order valence-electron chi connectivity index (χ4n) is 10.4. The first-order valence-corrected chi connectivity index (χ1v) is 22.3. The van der Waals surface area contributed by atoms with Crippen molar-refractivity contribution in [2.75, 3.05) is 0 Å². The molecule has 0 unspecified atom stereocenters. The summed E-state index contributed by atoms with van der Waals surface area (Å²) in [5, 5.41) is 2.17. The Balaban J connectivity index is 0.877. The molecule has 0 aliphatic heterocycles. The smallest absolute Gasteiger partial charge is 0.187 e. The summed E-state index contributed by atoms with van der Waals surface area (Å²) in [6.07, 6.45) is 0. The van der Waals surface area contributed by atoms with Gasteiger partial charge in [0.25, 0.3) is 0 Å². The lowest BCUT2D eigenvalue weighted by Crippen LogP contribution is -2.26. The van der Waals surface area contributed by atoms with E-state index in [9.17, 15) is 0 Å². The van der Waals surface area contributed by atoms with Crippen LogP contribution in [0.25, 0.3) is 104 Å². The van der Waals surface area contributed by atoms with E-state index in [2.05, 4.69) is 163 Å². The van der Waals surface area contributed by atoms with Crippen LogP contribution in [-0.4, -0.2) is 15.0 Å². The van der Waals surface area contributed by atoms with Gasteiger partial charge < -0.3 is 0 Å². The molecule has 0 bridgehead atoms. The first kappa shape index (κ1) is 36.4. The first-order chi connectivity index (χ1) is 31.7. The highest BCUT2D eigenvalue weighted by Crippen LogP contribution is 2.64. The molecule has 64 heavy (non-hydrogen) atoms. The Kier molecular flexibility index (Phi) is 8.02. The van der Waals surface area contributed by atoms with E-state index in [0.29, 0.717) is 23.2 Å². The maximum absolute atomic E-state index is 7.58. The molecule has 0 amide bonds. The van der Waals surface area contributed by atoms with Crippen LogP contribution in [0.3, 0.4) is 0 Å². The van der Waals surface area contributed by atoms with Crippen molar-refractivity contribution in [2.24, 2.45) is 0 Å². The number of rotatable bonds is 5. The summed E-state index contributed by atoms with van der Waals surface area (Å²) in [5.41, 5.74) is 18.3. The summed E-state index contributed by atoms with van der Waals surface area (Å²) in [6.45, 7) is 7.58. The number of hydrogen-bond donors (Lipinski definition) is 0. The van der Waals surface area contributed by atoms with Crippen molar-refractivity contribution in [3.63, 3.8) is 0 Å². The molecule has 0 fully saturated rings. The van der Waals surface area contributed by atoms with Gasteiger partial charge in [-0.3, -0.25) is 0 Å². The van der Waals surface area contributed by atoms with Gasteiger partial charge in [-0.05, 0) is 102 Å². The molecule has 2 aliphatic carbocycles. The molecule has 0 saturated carbocycles. The average molecular weight is 831 g/mol. The number of benzene rings is 9. The highest BCUT2D eigenvalue weighted by atomic mass is 32.1. The Hall–Kier alpha value is -8.30. The molecule has 4 nitrogen and oxygen atoms in total. The van der Waals surface area contributed by atoms with E-state index >= 15 is 0 Å². The van der Waals surface area contributed by atoms with E-state index in [-0.39, 0.29) is 0 Å². The predicted molar refractivity (Wildman–Crippen MR) is 262 cm³/mol. The van der Waals surface area contributed by atoms with Gasteiger partial charge in [-0.1, -0.05) is 182 Å². The normalized spacial score (nSPS) is 12.8. The second-order valence-electron chi connectivity index (χ2n) is 16.5. The van der Waals surface area contributed by atoms with Crippen LogP contribution in [0, 0.1) is 6.57 Å². The van der Waals surface area contributed by atoms with Gasteiger partial charge >= 0.3 is 0 Å². The molecule has 2 aromatic heterocycles. The van der Waals surface area contributed by atoms with Crippen molar-refractivity contribution in [2.45, 2.75) is 5.41 Å². The summed E-state index contributed by atoms with van der Waals surface area (Å²) in [6, 6.07) is 73.7. The van der Waals surface area contributed by atoms with Gasteiger partial charge in [0, 0.05) is 26.1 Å². The first-order valence-electron chi connectivity index (χ1n) is 21.5. The second-order valence-corrected chi connectivity index (χ2v) is 17.6. The molecule has 2 heterocycles. The average Bonchev–Trinajstić information content (AvgIpc) is 4.00. The highest BCUT2D eigenvalue weighted by Gasteiger charge is 2.52. The van der Waals surface area contributed by atoms with E-state index in [4.69, 9.17) is 21.5 Å². The van der Waals surface area contributed by atoms with Crippen molar-refractivity contribution >= 4 is 37.2 Å². The van der Waals surface area contributed by atoms with Crippen LogP contribution >= 0.6 is 11.3 Å². The van der Waals surface area contributed by atoms with Gasteiger partial charge in [0.15, 0.2) is 23.2 Å². The van der Waals surface area contributed by atoms with Crippen molar-refractivity contribution in [3.8, 4) is 78.7 Å². The maximum Gasteiger partial charge on any atom is 0.187 e. The minimum atomic E-state index is -0.409. The quantitative estimate of drug-likeness (QED) is 0.162. The third-order valence-electron chi connectivity index (χ3n) is 13.2. The Morgan fingerprint density at radius 2 is 0.797 bits per heavy atom. The molecule has 0 radical (unpaired) electrons. The minimum Gasteiger partial charge on any atom is -0.238 e. The third-order valence-corrected chi connectivity index (χ3v) is 14.3. The van der Waals surface area contributed by atoms with Crippen LogP contribution in [0.4, 0.5) is 5.69 Å². The molecular formula is C59H34N4S. The molecule has 5 heteroatoms. The number of fused-ring (bicyclic) bond motifs is 13. The molecule has 2 aliphatic rings. The van der Waals surface area contributed by atoms with Gasteiger partial charge in [-0.25, -0.2) is 19.8 Å². The molecule has 296 valence electrons. The number of nitrogens with zero attached hydrogens (tertiary/aromatic N) is 4. The molecule has 0 atom stereocenters. The minimum absolute atomic E-state index is 0.409. The molecule has 0 saturated heterocycles. The monoisotopic (exact) mass is 830 g/mol. The zero-order chi connectivity index (χ0) is 42.4. The summed E-state index contributed by atoms with van der Waals surface area (Å²) >= 11 is 1.73. The molecule has 9 aromatic carbocycles. The Labute approximate surface area is 374 Å². The van der Waals surface area contributed by atoms with Crippen LogP contribution in [0.15, 0.2) is 206 Å². The van der Waals surface area contributed by atoms with Gasteiger partial charge in [0.05, 0.1) is 12.0 Å². The van der Waals surface area contributed by atoms with E-state index in [1.807, 2.05) is 48.5 Å². The van der Waals surface area contributed by atoms with Crippen LogP contribution in [0.1, 0.15) is 22.3 Å². The lowest BCUT2D eigenvalue weighted by molar-refractivity contribution is 0.796. The van der Waals surface area contributed by atoms with Crippen molar-refractivity contribution < 1.29 is 0 Å². The highest BCUT2D eigenvalue weighted by molar-refractivity contribution is 7.25. The number of aromatic nitrogens is 3. The Morgan fingerprint density at radius 1 is 0.359 bits per heavy atom. The van der Waals surface area contributed by atoms with Gasteiger partial charge in [0.2, 0.25) is 0 Å². The summed E-state index contributed by atoms with van der Waals surface area (Å²) < 4.78 is 2.31. The summed E-state index contributed by atoms with van der Waals surface area (Å²) in [7, 11) is 0. The SMILES string of the molecule is [C-]#[N+]c1ccc2sc3ccc(-c4nc(-c5ccccc5)nc(-c5ccc(-c6ccc(-c7cccc8c7C7(c9ccccc9-c9ccccc97)c7ccccc7-8)cc6)cc5)n4)cc3c2c1. The standard InChI is InChI=1S/C59H34N4S/c1-60-42-31-33-54-49(35-42)48-34-41(30-32-53(48)64-54)58-62-56(39-12-3-2-4-13-39)61-57(63-58)40-28-24-37(25-29-40)36-22-26-38(27-23-36)43-17-11-18-47-46-16-7-10-21-52(46)59(55(43)47)50-19-8-5-14-44(50)45-15-6-9-20-51(45)59/h2-35H. The van der Waals surface area contributed by atoms with E-state index < -0.39 is 5.41 Å². The van der Waals surface area contributed by atoms with Gasteiger partial charge in [-0.15, -0.1) is 11.3 Å². The van der Waals surface area contributed by atoms with Crippen molar-refractivity contribution in [1.29, 1.82) is 0 Å². The molecule has 0 N–H and O–H groups in total. The van der Waals surface area contributed by atoms with Crippen LogP contribution in [0.5, 0.6) is 0 Å². The zero-order valence-electron chi connectivity index (χ0n) is 34.3. The molecule has 11 aromatic rings. The lowest BCUT2D eigenvalue weighted by Gasteiger charge is -2.32. The zero-order valence-corrected chi connectivity index (χ0v) is 35.1. The van der Waals surface area contributed by atoms with E-state index in [1.165, 1.54) is 55.6 Å². The number of hydrogen-bond acceptors (Lipinski definition) is 4. The number of thiophene rings is 1. The largest absolute Gasteiger partial charge is 0.238 e. The molecular weight excluding hydrogens is 797 g/mol. The Bertz CT molecular complexity index is 3670. The maximum atomic E-state index is 7.58. The van der Waals surface area contributed by atoms with Crippen molar-refractivity contribution in [1.82, 2.24) is 15.0 Å². The summed E-state index contributed by atoms with van der Waals surface area (Å²) in [5.74, 6) is 1.83. The third kappa shape index (κ3) is 5.37. The predicted octanol–water partition coefficient (Wildman–Crippen LogP) is 15.5. The molecule has 13 rings (SSSR count). The fraction of sp³-hybridized carbons (Fsp3) is 0.0169. The van der Waals surface area contributed by atoms with E-state index in [1.54, 1.807) is 11.3 Å². The second kappa shape index (κ2) is 14.1. The van der Waals surface area contributed by atoms with E-state index in [0.717, 1.165) is 48.0 Å². The lowest BCUT2D eigenvalue weighted by atomic mass is 9.68. The molecule has 1 spiro atoms. The fourth-order valence-corrected chi connectivity index (χ4v) is 11.4. The van der Waals surface area contributed by atoms with Crippen LogP contribution in [0.2, 0.25) is 0 Å². The van der Waals surface area contributed by atoms with Crippen LogP contribution in [-0.2, 0) is 5.41 Å². The van der Waals surface area contributed by atoms with Gasteiger partial charge in [-0.2, -0.15) is 0 Å².